The molecule has 0 radical (unpaired) electrons. The summed E-state index contributed by atoms with van der Waals surface area (Å²) in [6, 6.07) is 14.2. The normalized spacial score (nSPS) is 12.4. The topological polar surface area (TPSA) is 70.0 Å². The first-order valence-corrected chi connectivity index (χ1v) is 8.63. The number of sulfonamides is 1. The Morgan fingerprint density at radius 3 is 2.39 bits per heavy atom. The number of benzene rings is 2. The molecule has 1 unspecified atom stereocenters. The number of halogens is 1. The van der Waals surface area contributed by atoms with E-state index in [-0.39, 0.29) is 10.5 Å². The standard InChI is InChI=1S/C17H15ClN2O2S/c1-12-7-9-14(10-8-12)23(21,22)20-17(13(2)11-19)15-5-3-4-6-16(15)18/h3-10,17,20H,2H2,1H3. The first-order chi connectivity index (χ1) is 10.8. The second kappa shape index (κ2) is 6.97. The fourth-order valence-corrected chi connectivity index (χ4v) is 3.49. The smallest absolute Gasteiger partial charge is 0.207 e. The predicted octanol–water partition coefficient (Wildman–Crippen LogP) is 3.75. The minimum atomic E-state index is -3.82. The van der Waals surface area contributed by atoms with Gasteiger partial charge in [0.05, 0.1) is 17.0 Å². The summed E-state index contributed by atoms with van der Waals surface area (Å²) in [5.74, 6) is 0. The van der Waals surface area contributed by atoms with E-state index in [9.17, 15) is 8.42 Å². The van der Waals surface area contributed by atoms with Gasteiger partial charge in [-0.3, -0.25) is 0 Å². The minimum Gasteiger partial charge on any atom is -0.207 e. The molecule has 4 nitrogen and oxygen atoms in total. The van der Waals surface area contributed by atoms with E-state index in [4.69, 9.17) is 16.9 Å². The largest absolute Gasteiger partial charge is 0.241 e. The maximum atomic E-state index is 12.6. The van der Waals surface area contributed by atoms with Crippen molar-refractivity contribution in [1.82, 2.24) is 4.72 Å². The van der Waals surface area contributed by atoms with Crippen LogP contribution >= 0.6 is 11.6 Å². The van der Waals surface area contributed by atoms with Crippen molar-refractivity contribution in [3.8, 4) is 6.07 Å². The van der Waals surface area contributed by atoms with Crippen molar-refractivity contribution in [3.63, 3.8) is 0 Å². The Labute approximate surface area is 141 Å². The fourth-order valence-electron chi connectivity index (χ4n) is 2.04. The first-order valence-electron chi connectivity index (χ1n) is 6.77. The fraction of sp³-hybridized carbons (Fsp3) is 0.118. The quantitative estimate of drug-likeness (QED) is 0.838. The van der Waals surface area contributed by atoms with E-state index in [1.54, 1.807) is 36.4 Å². The number of hydrogen-bond donors (Lipinski definition) is 1. The molecule has 0 aliphatic carbocycles. The number of rotatable bonds is 5. The van der Waals surface area contributed by atoms with Crippen LogP contribution in [0.2, 0.25) is 5.02 Å². The van der Waals surface area contributed by atoms with Crippen LogP contribution in [0.15, 0.2) is 65.6 Å². The van der Waals surface area contributed by atoms with Gasteiger partial charge in [0.1, 0.15) is 0 Å². The average Bonchev–Trinajstić information content (AvgIpc) is 2.53. The molecule has 0 saturated heterocycles. The van der Waals surface area contributed by atoms with Crippen LogP contribution in [0, 0.1) is 18.3 Å². The van der Waals surface area contributed by atoms with Gasteiger partial charge in [-0.1, -0.05) is 54.1 Å². The molecule has 0 fully saturated rings. The lowest BCUT2D eigenvalue weighted by Gasteiger charge is -2.19. The van der Waals surface area contributed by atoms with E-state index >= 15 is 0 Å². The molecule has 0 aromatic heterocycles. The van der Waals surface area contributed by atoms with Crippen LogP contribution in [0.25, 0.3) is 0 Å². The van der Waals surface area contributed by atoms with E-state index in [1.165, 1.54) is 12.1 Å². The summed E-state index contributed by atoms with van der Waals surface area (Å²) in [6.07, 6.45) is 0. The zero-order valence-corrected chi connectivity index (χ0v) is 14.0. The lowest BCUT2D eigenvalue weighted by molar-refractivity contribution is 0.572. The Bertz CT molecular complexity index is 868. The van der Waals surface area contributed by atoms with Gasteiger partial charge in [0.15, 0.2) is 0 Å². The Morgan fingerprint density at radius 1 is 1.22 bits per heavy atom. The molecule has 0 saturated carbocycles. The summed E-state index contributed by atoms with van der Waals surface area (Å²) in [6.45, 7) is 5.51. The van der Waals surface area contributed by atoms with E-state index < -0.39 is 16.1 Å². The second-order valence-corrected chi connectivity index (χ2v) is 7.15. The number of nitriles is 1. The molecule has 6 heteroatoms. The molecule has 0 spiro atoms. The van der Waals surface area contributed by atoms with Gasteiger partial charge in [-0.25, -0.2) is 8.42 Å². The Morgan fingerprint density at radius 2 is 1.83 bits per heavy atom. The first kappa shape index (κ1) is 17.2. The van der Waals surface area contributed by atoms with Crippen LogP contribution in [0.1, 0.15) is 17.2 Å². The summed E-state index contributed by atoms with van der Waals surface area (Å²) in [7, 11) is -3.82. The molecule has 118 valence electrons. The molecule has 0 aliphatic rings. The van der Waals surface area contributed by atoms with Crippen molar-refractivity contribution in [3.05, 3.63) is 76.8 Å². The van der Waals surface area contributed by atoms with E-state index in [0.717, 1.165) is 5.56 Å². The molecule has 1 atom stereocenters. The number of hydrogen-bond acceptors (Lipinski definition) is 3. The average molecular weight is 347 g/mol. The number of aryl methyl sites for hydroxylation is 1. The molecular formula is C17H15ClN2O2S. The maximum absolute atomic E-state index is 12.6. The van der Waals surface area contributed by atoms with E-state index in [0.29, 0.717) is 10.6 Å². The van der Waals surface area contributed by atoms with Crippen molar-refractivity contribution in [1.29, 1.82) is 5.26 Å². The molecule has 1 N–H and O–H groups in total. The van der Waals surface area contributed by atoms with Gasteiger partial charge in [-0.2, -0.15) is 9.98 Å². The predicted molar refractivity (Wildman–Crippen MR) is 90.4 cm³/mol. The molecule has 0 amide bonds. The summed E-state index contributed by atoms with van der Waals surface area (Å²) in [4.78, 5) is 0.117. The third kappa shape index (κ3) is 3.99. The lowest BCUT2D eigenvalue weighted by Crippen LogP contribution is -2.29. The van der Waals surface area contributed by atoms with Crippen LogP contribution in [0.5, 0.6) is 0 Å². The van der Waals surface area contributed by atoms with Gasteiger partial charge in [0.2, 0.25) is 10.0 Å². The van der Waals surface area contributed by atoms with Crippen molar-refractivity contribution in [2.24, 2.45) is 0 Å². The zero-order chi connectivity index (χ0) is 17.0. The van der Waals surface area contributed by atoms with Crippen molar-refractivity contribution < 1.29 is 8.42 Å². The van der Waals surface area contributed by atoms with Crippen LogP contribution in [-0.4, -0.2) is 8.42 Å². The maximum Gasteiger partial charge on any atom is 0.241 e. The van der Waals surface area contributed by atoms with E-state index in [1.807, 2.05) is 13.0 Å². The number of nitrogens with one attached hydrogen (secondary N) is 1. The van der Waals surface area contributed by atoms with Gasteiger partial charge in [0.25, 0.3) is 0 Å². The van der Waals surface area contributed by atoms with Gasteiger partial charge in [-0.15, -0.1) is 0 Å². The van der Waals surface area contributed by atoms with Crippen LogP contribution in [0.4, 0.5) is 0 Å². The van der Waals surface area contributed by atoms with Crippen molar-refractivity contribution in [2.45, 2.75) is 17.9 Å². The highest BCUT2D eigenvalue weighted by atomic mass is 35.5. The van der Waals surface area contributed by atoms with Crippen LogP contribution in [0.3, 0.4) is 0 Å². The molecular weight excluding hydrogens is 332 g/mol. The SMILES string of the molecule is C=C(C#N)C(NS(=O)(=O)c1ccc(C)cc1)c1ccccc1Cl. The Balaban J connectivity index is 2.43. The van der Waals surface area contributed by atoms with Gasteiger partial charge in [-0.05, 0) is 30.7 Å². The highest BCUT2D eigenvalue weighted by molar-refractivity contribution is 7.89. The van der Waals surface area contributed by atoms with Crippen molar-refractivity contribution in [2.75, 3.05) is 0 Å². The minimum absolute atomic E-state index is 0.0637. The lowest BCUT2D eigenvalue weighted by atomic mass is 10.0. The van der Waals surface area contributed by atoms with Gasteiger partial charge in [0, 0.05) is 10.6 Å². The molecule has 0 aliphatic heterocycles. The highest BCUT2D eigenvalue weighted by Gasteiger charge is 2.25. The zero-order valence-electron chi connectivity index (χ0n) is 12.5. The molecule has 23 heavy (non-hydrogen) atoms. The molecule has 0 heterocycles. The third-order valence-electron chi connectivity index (χ3n) is 3.31. The number of nitrogens with zero attached hydrogens (tertiary/aromatic N) is 1. The van der Waals surface area contributed by atoms with Gasteiger partial charge < -0.3 is 0 Å². The Hall–Kier alpha value is -2.13. The molecule has 0 bridgehead atoms. The monoisotopic (exact) mass is 346 g/mol. The summed E-state index contributed by atoms with van der Waals surface area (Å²) in [5, 5.41) is 9.50. The van der Waals surface area contributed by atoms with E-state index in [2.05, 4.69) is 11.3 Å². The summed E-state index contributed by atoms with van der Waals surface area (Å²) in [5.41, 5.74) is 1.50. The third-order valence-corrected chi connectivity index (χ3v) is 5.10. The van der Waals surface area contributed by atoms with Gasteiger partial charge >= 0.3 is 0 Å². The van der Waals surface area contributed by atoms with Crippen LogP contribution < -0.4 is 4.72 Å². The molecule has 2 aromatic carbocycles. The molecule has 2 aromatic rings. The molecule has 2 rings (SSSR count). The second-order valence-electron chi connectivity index (χ2n) is 5.03. The Kier molecular flexibility index (Phi) is 5.22. The summed E-state index contributed by atoms with van der Waals surface area (Å²) < 4.78 is 27.6. The van der Waals surface area contributed by atoms with Crippen molar-refractivity contribution >= 4 is 21.6 Å². The highest BCUT2D eigenvalue weighted by Crippen LogP contribution is 2.28. The summed E-state index contributed by atoms with van der Waals surface area (Å²) >= 11 is 6.13. The van der Waals surface area contributed by atoms with Crippen LogP contribution in [-0.2, 0) is 10.0 Å².